The Morgan fingerprint density at radius 1 is 0.468 bits per heavy atom. The van der Waals surface area contributed by atoms with E-state index in [-0.39, 0.29) is 152 Å². The number of nitrogens with zero attached hydrogens (tertiary/aromatic N) is 17. The molecule has 0 spiro atoms. The van der Waals surface area contributed by atoms with Gasteiger partial charge >= 0.3 is 30.4 Å². The summed E-state index contributed by atoms with van der Waals surface area (Å²) in [7, 11) is 1.72. The maximum atomic E-state index is 15.9. The molecule has 29 nitrogen and oxygen atoms in total. The molecule has 139 heavy (non-hydrogen) atoms. The molecule has 0 amide bonds. The van der Waals surface area contributed by atoms with E-state index in [0.29, 0.717) is 110 Å². The normalized spacial score (nSPS) is 23.9. The fourth-order valence-corrected chi connectivity index (χ4v) is 25.6. The van der Waals surface area contributed by atoms with Gasteiger partial charge in [-0.1, -0.05) is 25.4 Å². The van der Waals surface area contributed by atoms with E-state index < -0.39 is 94.8 Å². The van der Waals surface area contributed by atoms with Crippen molar-refractivity contribution in [3.63, 3.8) is 0 Å². The van der Waals surface area contributed by atoms with Crippen molar-refractivity contribution in [2.75, 3.05) is 0 Å². The molecular weight excluding hydrogens is 1870 g/mol. The lowest BCUT2D eigenvalue weighted by Gasteiger charge is -2.46. The van der Waals surface area contributed by atoms with E-state index in [0.717, 1.165) is 128 Å². The van der Waals surface area contributed by atoms with Crippen molar-refractivity contribution >= 4 is 103 Å². The number of alkyl halides is 2. The van der Waals surface area contributed by atoms with Crippen LogP contribution in [0.2, 0.25) is 4.34 Å². The number of H-pyrrole nitrogens is 4. The van der Waals surface area contributed by atoms with Crippen molar-refractivity contribution in [2.24, 2.45) is 102 Å². The predicted molar refractivity (Wildman–Crippen MR) is 495 cm³/mol. The monoisotopic (exact) mass is 1960 g/mol. The number of carboxylic acids is 4. The van der Waals surface area contributed by atoms with Gasteiger partial charge in [0.05, 0.1) is 92.0 Å². The fourth-order valence-electron chi connectivity index (χ4n) is 23.8. The summed E-state index contributed by atoms with van der Waals surface area (Å²) in [6.45, 7) is 1.12. The first-order chi connectivity index (χ1) is 67.0. The van der Waals surface area contributed by atoms with Crippen LogP contribution in [0.5, 0.6) is 0 Å². The molecule has 8 N–H and O–H groups in total. The zero-order valence-electron chi connectivity index (χ0n) is 75.0. The summed E-state index contributed by atoms with van der Waals surface area (Å²) < 4.78 is 132. The number of aromatic nitrogens is 21. The van der Waals surface area contributed by atoms with E-state index in [2.05, 4.69) is 90.2 Å². The zero-order chi connectivity index (χ0) is 96.8. The topological polar surface area (TPSA) is 416 Å². The van der Waals surface area contributed by atoms with Crippen LogP contribution in [0.3, 0.4) is 0 Å². The first-order valence-electron chi connectivity index (χ1n) is 46.6. The molecule has 0 aliphatic heterocycles. The van der Waals surface area contributed by atoms with Gasteiger partial charge in [0, 0.05) is 87.4 Å². The van der Waals surface area contributed by atoms with E-state index in [1.54, 1.807) is 54.7 Å². The second-order valence-corrected chi connectivity index (χ2v) is 41.4. The molecule has 8 bridgehead atoms. The molecule has 12 fully saturated rings. The minimum Gasteiger partial charge on any atom is -0.481 e. The summed E-state index contributed by atoms with van der Waals surface area (Å²) in [6.07, 6.45) is 29.8. The predicted octanol–water partition coefficient (Wildman–Crippen LogP) is 20.7. The van der Waals surface area contributed by atoms with Crippen molar-refractivity contribution in [1.29, 1.82) is 0 Å². The van der Waals surface area contributed by atoms with Gasteiger partial charge in [-0.3, -0.25) is 29.0 Å². The number of carboxylic acid groups (broad SMARTS) is 4. The number of rotatable bonds is 22. The number of aliphatic carboxylic acids is 4. The van der Waals surface area contributed by atoms with Crippen molar-refractivity contribution in [3.05, 3.63) is 178 Å². The molecule has 12 saturated carbocycles. The Balaban J connectivity index is 0.000000114. The molecule has 12 aliphatic carbocycles. The Labute approximate surface area is 799 Å². The minimum atomic E-state index is -2.80. The van der Waals surface area contributed by atoms with E-state index in [1.807, 2.05) is 13.8 Å². The van der Waals surface area contributed by atoms with Gasteiger partial charge in [-0.05, 0) is 248 Å². The highest BCUT2D eigenvalue weighted by molar-refractivity contribution is 7.99. The van der Waals surface area contributed by atoms with Crippen LogP contribution in [0, 0.1) is 135 Å². The van der Waals surface area contributed by atoms with Gasteiger partial charge in [0.25, 0.3) is 0 Å². The van der Waals surface area contributed by atoms with Crippen LogP contribution in [-0.2, 0) is 51.9 Å². The van der Waals surface area contributed by atoms with Crippen molar-refractivity contribution in [1.82, 2.24) is 105 Å². The number of thioether (sulfide) groups is 1. The van der Waals surface area contributed by atoms with E-state index >= 15 is 13.2 Å². The first kappa shape index (κ1) is 93.7. The summed E-state index contributed by atoms with van der Waals surface area (Å²) in [5, 5.41) is 57.0. The summed E-state index contributed by atoms with van der Waals surface area (Å²) in [5.74, 6) is -7.02. The largest absolute Gasteiger partial charge is 0.481 e. The van der Waals surface area contributed by atoms with Crippen LogP contribution in [0.25, 0.3) is 123 Å². The van der Waals surface area contributed by atoms with E-state index in [1.165, 1.54) is 65.8 Å². The maximum Gasteiger partial charge on any atom is 0.333 e. The average Bonchev–Trinajstić information content (AvgIpc) is 1.63. The molecule has 27 rings (SSSR count). The number of aryl methyl sites for hydroxylation is 1. The number of carbonyl (C=O) groups is 4. The zero-order valence-corrected chi connectivity index (χ0v) is 77.4. The third kappa shape index (κ3) is 18.7. The second-order valence-electron chi connectivity index (χ2n) is 38.1. The lowest BCUT2D eigenvalue weighted by Crippen LogP contribution is -2.45. The van der Waals surface area contributed by atoms with Gasteiger partial charge in [-0.25, -0.2) is 95.2 Å². The maximum absolute atomic E-state index is 15.9. The molecule has 12 aliphatic rings. The van der Waals surface area contributed by atoms with Gasteiger partial charge in [0.2, 0.25) is 0 Å². The molecule has 8 atom stereocenters. The lowest BCUT2D eigenvalue weighted by molar-refractivity contribution is -0.153. The Morgan fingerprint density at radius 3 is 1.30 bits per heavy atom. The van der Waals surface area contributed by atoms with Gasteiger partial charge in [-0.2, -0.15) is 24.1 Å². The summed E-state index contributed by atoms with van der Waals surface area (Å²) in [6, 6.07) is 11.8. The molecule has 720 valence electrons. The number of aromatic amines is 4. The Hall–Kier alpha value is -13.0. The molecule has 0 aromatic carbocycles. The highest BCUT2D eigenvalue weighted by Gasteiger charge is 2.52. The van der Waals surface area contributed by atoms with Crippen LogP contribution in [0.1, 0.15) is 146 Å². The van der Waals surface area contributed by atoms with Gasteiger partial charge < -0.3 is 35.4 Å². The highest BCUT2D eigenvalue weighted by Crippen LogP contribution is 2.56. The Bertz CT molecular complexity index is 7000. The van der Waals surface area contributed by atoms with Gasteiger partial charge in [-0.15, -0.1) is 23.1 Å². The van der Waals surface area contributed by atoms with Gasteiger partial charge in [0.1, 0.15) is 68.0 Å². The first-order valence-corrected chi connectivity index (χ1v) is 48.7. The number of thiophene rings is 1. The standard InChI is InChI=1S/C25H21ClF2N4O2S.C25H23F3N6O2.C24H23F2N7O2.C24H26F2N4O2S/c26-19-6-5-18(35-19)22-21(28)17(8-14-11-1-3-12(4-2-11)20(14)25(33)34)31-24(32-22)16-10-30-23-15(16)7-13(27)9-29-23;26-14-7-17-18(11-30-22(17)29-10-14)23-31-15(9-20(32-23)19-5-6-34(33-19)25(27)28)8-16-12-1-3-13(4-2-12)21(16)24(35)36;1-33-10-13(8-28-33)20-19(26)17(7-15-11-2-4-12(5-3-11)18(15)24(34)35)29-23(30-20)21-16-6-14(25)9-27-22(16)32-31-21;1-11(2)33-23-20(26)18(8-15-12-3-5-13(6-4-12)19(15)24(31)32)29-22(30-23)17-10-28-21-16(17)7-14(25)9-27-21/h5-7,9-12,14,20H,1-4,8H2,(H,29,30)(H,33,34);5-7,9-13,16,21,25H,1-4,8H2,(H,29,30)(H,35,36);6,8-12,15,18H,2-5,7H2,1H3,(H,34,35)(H,27,31,32);7,9-13,15,19H,3-6,8H2,1-2H3,(H,27,28)(H,31,32)/t11?,12?,14-,20-;12?,13?,16-,21-;11?,12?,15-,18-;12?,13?,15-,19-/m0000/s1. The van der Waals surface area contributed by atoms with Crippen molar-refractivity contribution in [3.8, 4) is 78.9 Å². The third-order valence-electron chi connectivity index (χ3n) is 30.0. The van der Waals surface area contributed by atoms with E-state index in [4.69, 9.17) is 16.6 Å². The number of fused-ring (bicyclic) bond motifs is 16. The number of nitrogens with one attached hydrogen (secondary N) is 4. The lowest BCUT2D eigenvalue weighted by atomic mass is 9.57. The van der Waals surface area contributed by atoms with Crippen LogP contribution in [-0.4, -0.2) is 154 Å². The van der Waals surface area contributed by atoms with Crippen LogP contribution < -0.4 is 0 Å². The molecular formula is C98H93ClF9N21O8S2. The minimum absolute atomic E-state index is 0.0538. The number of hydrogen-bond acceptors (Lipinski definition) is 21. The number of hydrogen-bond donors (Lipinski definition) is 8. The molecule has 15 heterocycles. The number of pyridine rings is 4. The molecule has 0 unspecified atom stereocenters. The summed E-state index contributed by atoms with van der Waals surface area (Å²) in [4.78, 5) is 111. The van der Waals surface area contributed by atoms with Crippen molar-refractivity contribution in [2.45, 2.75) is 159 Å². The highest BCUT2D eigenvalue weighted by atomic mass is 35.5. The Morgan fingerprint density at radius 2 is 0.878 bits per heavy atom. The van der Waals surface area contributed by atoms with Crippen LogP contribution >= 0.6 is 34.7 Å². The molecule has 15 aromatic rings. The molecule has 15 aromatic heterocycles. The molecule has 0 radical (unpaired) electrons. The third-order valence-corrected chi connectivity index (χ3v) is 32.2. The molecule has 41 heteroatoms. The molecule has 0 saturated heterocycles. The average molecular weight is 1960 g/mol. The Kier molecular flexibility index (Phi) is 26.0. The van der Waals surface area contributed by atoms with Gasteiger partial charge in [0.15, 0.2) is 46.4 Å². The summed E-state index contributed by atoms with van der Waals surface area (Å²) >= 11 is 8.62. The fraction of sp³-hybridized carbons (Fsp3) is 0.418. The number of halogens is 10. The van der Waals surface area contributed by atoms with Crippen molar-refractivity contribution < 1.29 is 79.1 Å². The van der Waals surface area contributed by atoms with E-state index in [9.17, 15) is 65.9 Å². The smallest absolute Gasteiger partial charge is 0.333 e. The van der Waals surface area contributed by atoms with Crippen LogP contribution in [0.15, 0.2) is 116 Å². The second kappa shape index (κ2) is 38.7. The quantitative estimate of drug-likeness (QED) is 0.0177. The summed E-state index contributed by atoms with van der Waals surface area (Å²) in [5.41, 5.74) is 5.93. The SMILES string of the molecule is CC(C)Sc1nc(-c2c[nH]c3ncc(F)cc23)nc(C[C@H]2C3CCC(CC3)[C@@H]2C(=O)O)c1F.Cn1cc(-c2nc(-c3[nH]nc4ncc(F)cc34)nc(C[C@H]3C4CCC(CC4)[C@@H]3C(=O)O)c2F)cn1.O=C(O)[C@H]1C2CCC(CC2)[C@@H]1Cc1cc(-c2ccn(C(F)F)n2)nc(-c2c[nH]c3ncc(F)cc23)n1.O=C(O)[C@H]1C2CCC(CC2)[C@@H]1Cc1nc(-c2c[nH]c3ncc(F)cc23)nc(-c2ccc(Cl)s2)c1F. The van der Waals surface area contributed by atoms with Crippen LogP contribution in [0.4, 0.5) is 39.5 Å².